The van der Waals surface area contributed by atoms with Crippen molar-refractivity contribution in [2.75, 3.05) is 13.1 Å². The number of amides is 1. The Morgan fingerprint density at radius 1 is 1.00 bits per heavy atom. The van der Waals surface area contributed by atoms with Gasteiger partial charge < -0.3 is 4.90 Å². The second-order valence-corrected chi connectivity index (χ2v) is 7.50. The molecule has 0 aliphatic rings. The molecule has 0 spiro atoms. The average Bonchev–Trinajstić information content (AvgIpc) is 3.17. The number of rotatable bonds is 7. The molecular weight excluding hydrogens is 393 g/mol. The van der Waals surface area contributed by atoms with Crippen LogP contribution in [-0.2, 0) is 0 Å². The van der Waals surface area contributed by atoms with Crippen molar-refractivity contribution >= 4 is 29.1 Å². The second-order valence-electron chi connectivity index (χ2n) is 6.66. The van der Waals surface area contributed by atoms with Crippen LogP contribution < -0.4 is 0 Å². The fraction of sp³-hybridized carbons (Fsp3) is 0.273. The number of nitrogens with zero attached hydrogens (tertiary/aromatic N) is 2. The second kappa shape index (κ2) is 9.26. The lowest BCUT2D eigenvalue weighted by Gasteiger charge is -2.21. The Bertz CT molecular complexity index is 945. The third kappa shape index (κ3) is 4.57. The molecular formula is C22H23Cl2N3O. The normalized spacial score (nSPS) is 10.9. The highest BCUT2D eigenvalue weighted by atomic mass is 35.5. The molecule has 0 saturated heterocycles. The smallest absolute Gasteiger partial charge is 0.253 e. The molecule has 0 aliphatic carbocycles. The van der Waals surface area contributed by atoms with Crippen molar-refractivity contribution in [1.82, 2.24) is 15.1 Å². The summed E-state index contributed by atoms with van der Waals surface area (Å²) < 4.78 is 0. The number of benzene rings is 2. The Morgan fingerprint density at radius 2 is 1.68 bits per heavy atom. The van der Waals surface area contributed by atoms with E-state index in [9.17, 15) is 4.79 Å². The van der Waals surface area contributed by atoms with Crippen molar-refractivity contribution < 1.29 is 4.79 Å². The Labute approximate surface area is 175 Å². The van der Waals surface area contributed by atoms with E-state index in [1.807, 2.05) is 41.3 Å². The summed E-state index contributed by atoms with van der Waals surface area (Å²) >= 11 is 12.2. The predicted molar refractivity (Wildman–Crippen MR) is 116 cm³/mol. The molecule has 28 heavy (non-hydrogen) atoms. The number of carbonyl (C=O) groups excluding carboxylic acids is 1. The first-order valence-electron chi connectivity index (χ1n) is 9.44. The van der Waals surface area contributed by atoms with Crippen molar-refractivity contribution in [2.24, 2.45) is 0 Å². The molecule has 146 valence electrons. The standard InChI is InChI=1S/C22H23Cl2N3O/c1-3-11-27(12-4-2)22(28)16-7-5-15(6-8-16)20-14-21(26-25-20)18-10-9-17(23)13-19(18)24/h5-10,13-14H,3-4,11-12H2,1-2H3,(H,25,26). The lowest BCUT2D eigenvalue weighted by Crippen LogP contribution is -2.32. The van der Waals surface area contributed by atoms with Crippen LogP contribution in [0.1, 0.15) is 37.0 Å². The average molecular weight is 416 g/mol. The number of carbonyl (C=O) groups is 1. The molecule has 1 amide bonds. The maximum absolute atomic E-state index is 12.7. The summed E-state index contributed by atoms with van der Waals surface area (Å²) in [7, 11) is 0. The van der Waals surface area contributed by atoms with E-state index in [4.69, 9.17) is 23.2 Å². The van der Waals surface area contributed by atoms with Gasteiger partial charge in [-0.2, -0.15) is 5.10 Å². The Balaban J connectivity index is 1.80. The van der Waals surface area contributed by atoms with Crippen LogP contribution in [0.15, 0.2) is 48.5 Å². The number of aromatic nitrogens is 2. The zero-order chi connectivity index (χ0) is 20.1. The Kier molecular flexibility index (Phi) is 6.76. The minimum Gasteiger partial charge on any atom is -0.339 e. The summed E-state index contributed by atoms with van der Waals surface area (Å²) in [6, 6.07) is 14.9. The monoisotopic (exact) mass is 415 g/mol. The van der Waals surface area contributed by atoms with Gasteiger partial charge in [0, 0.05) is 34.8 Å². The molecule has 1 aromatic heterocycles. The quantitative estimate of drug-likeness (QED) is 0.491. The van der Waals surface area contributed by atoms with Gasteiger partial charge in [0.1, 0.15) is 0 Å². The molecule has 4 nitrogen and oxygen atoms in total. The summed E-state index contributed by atoms with van der Waals surface area (Å²) in [4.78, 5) is 14.6. The van der Waals surface area contributed by atoms with E-state index in [2.05, 4.69) is 24.0 Å². The van der Waals surface area contributed by atoms with Crippen LogP contribution in [0.4, 0.5) is 0 Å². The van der Waals surface area contributed by atoms with Crippen LogP contribution >= 0.6 is 23.2 Å². The Morgan fingerprint density at radius 3 is 2.29 bits per heavy atom. The largest absolute Gasteiger partial charge is 0.339 e. The maximum atomic E-state index is 12.7. The van der Waals surface area contributed by atoms with E-state index in [0.717, 1.165) is 48.4 Å². The van der Waals surface area contributed by atoms with E-state index in [1.54, 1.807) is 12.1 Å². The van der Waals surface area contributed by atoms with Gasteiger partial charge in [-0.3, -0.25) is 9.89 Å². The number of hydrogen-bond acceptors (Lipinski definition) is 2. The fourth-order valence-corrected chi connectivity index (χ4v) is 3.65. The van der Waals surface area contributed by atoms with Crippen LogP contribution in [-0.4, -0.2) is 34.1 Å². The lowest BCUT2D eigenvalue weighted by molar-refractivity contribution is 0.0755. The fourth-order valence-electron chi connectivity index (χ4n) is 3.14. The van der Waals surface area contributed by atoms with E-state index in [1.165, 1.54) is 0 Å². The van der Waals surface area contributed by atoms with Gasteiger partial charge >= 0.3 is 0 Å². The van der Waals surface area contributed by atoms with Gasteiger partial charge in [0.25, 0.3) is 5.91 Å². The maximum Gasteiger partial charge on any atom is 0.253 e. The first kappa shape index (κ1) is 20.4. The molecule has 0 bridgehead atoms. The van der Waals surface area contributed by atoms with E-state index < -0.39 is 0 Å². The molecule has 0 atom stereocenters. The van der Waals surface area contributed by atoms with Crippen molar-refractivity contribution in [3.63, 3.8) is 0 Å². The minimum atomic E-state index is 0.0749. The summed E-state index contributed by atoms with van der Waals surface area (Å²) in [5.74, 6) is 0.0749. The molecule has 0 unspecified atom stereocenters. The topological polar surface area (TPSA) is 49.0 Å². The first-order valence-corrected chi connectivity index (χ1v) is 10.2. The molecule has 0 saturated carbocycles. The van der Waals surface area contributed by atoms with Crippen molar-refractivity contribution in [2.45, 2.75) is 26.7 Å². The molecule has 0 radical (unpaired) electrons. The number of hydrogen-bond donors (Lipinski definition) is 1. The molecule has 2 aromatic carbocycles. The molecule has 1 heterocycles. The van der Waals surface area contributed by atoms with E-state index in [0.29, 0.717) is 15.6 Å². The number of aromatic amines is 1. The van der Waals surface area contributed by atoms with Gasteiger partial charge in [-0.1, -0.05) is 49.2 Å². The summed E-state index contributed by atoms with van der Waals surface area (Å²) in [6.45, 7) is 5.72. The minimum absolute atomic E-state index is 0.0749. The van der Waals surface area contributed by atoms with Crippen LogP contribution in [0.3, 0.4) is 0 Å². The van der Waals surface area contributed by atoms with Crippen LogP contribution in [0.5, 0.6) is 0 Å². The number of nitrogens with one attached hydrogen (secondary N) is 1. The van der Waals surface area contributed by atoms with Gasteiger partial charge in [0.15, 0.2) is 0 Å². The van der Waals surface area contributed by atoms with Gasteiger partial charge in [0.05, 0.1) is 16.4 Å². The molecule has 6 heteroatoms. The zero-order valence-electron chi connectivity index (χ0n) is 16.0. The summed E-state index contributed by atoms with van der Waals surface area (Å²) in [5.41, 5.74) is 4.07. The highest BCUT2D eigenvalue weighted by molar-refractivity contribution is 6.36. The van der Waals surface area contributed by atoms with Gasteiger partial charge in [-0.25, -0.2) is 0 Å². The number of H-pyrrole nitrogens is 1. The van der Waals surface area contributed by atoms with Crippen LogP contribution in [0.2, 0.25) is 10.0 Å². The number of halogens is 2. The zero-order valence-corrected chi connectivity index (χ0v) is 17.5. The summed E-state index contributed by atoms with van der Waals surface area (Å²) in [6.07, 6.45) is 1.90. The van der Waals surface area contributed by atoms with Crippen molar-refractivity contribution in [3.8, 4) is 22.5 Å². The van der Waals surface area contributed by atoms with Crippen molar-refractivity contribution in [1.29, 1.82) is 0 Å². The summed E-state index contributed by atoms with van der Waals surface area (Å²) in [5, 5.41) is 8.56. The molecule has 0 aliphatic heterocycles. The van der Waals surface area contributed by atoms with Gasteiger partial charge in [0.2, 0.25) is 0 Å². The van der Waals surface area contributed by atoms with Crippen molar-refractivity contribution in [3.05, 3.63) is 64.1 Å². The van der Waals surface area contributed by atoms with Gasteiger partial charge in [-0.15, -0.1) is 0 Å². The Hall–Kier alpha value is -2.30. The molecule has 1 N–H and O–H groups in total. The van der Waals surface area contributed by atoms with E-state index in [-0.39, 0.29) is 5.91 Å². The highest BCUT2D eigenvalue weighted by Gasteiger charge is 2.15. The third-order valence-corrected chi connectivity index (χ3v) is 5.05. The molecule has 0 fully saturated rings. The van der Waals surface area contributed by atoms with Crippen LogP contribution in [0.25, 0.3) is 22.5 Å². The first-order chi connectivity index (χ1) is 13.5. The lowest BCUT2D eigenvalue weighted by atomic mass is 10.1. The van der Waals surface area contributed by atoms with Crippen LogP contribution in [0, 0.1) is 0 Å². The van der Waals surface area contributed by atoms with E-state index >= 15 is 0 Å². The van der Waals surface area contributed by atoms with Gasteiger partial charge in [-0.05, 0) is 49.2 Å². The highest BCUT2D eigenvalue weighted by Crippen LogP contribution is 2.31. The third-order valence-electron chi connectivity index (χ3n) is 4.50. The molecule has 3 rings (SSSR count). The predicted octanol–water partition coefficient (Wildman–Crippen LogP) is 6.31. The SMILES string of the molecule is CCCN(CCC)C(=O)c1ccc(-c2cc(-c3ccc(Cl)cc3Cl)[nH]n2)cc1. The molecule has 3 aromatic rings.